The summed E-state index contributed by atoms with van der Waals surface area (Å²) in [6.45, 7) is 6.37. The minimum absolute atomic E-state index is 0.0327. The molecule has 2 atom stereocenters. The van der Waals surface area contributed by atoms with Gasteiger partial charge in [-0.1, -0.05) is 32.4 Å². The molecule has 0 unspecified atom stereocenters. The van der Waals surface area contributed by atoms with Crippen molar-refractivity contribution >= 4 is 35.2 Å². The summed E-state index contributed by atoms with van der Waals surface area (Å²) in [6, 6.07) is 5.46. The molecule has 2 aliphatic rings. The lowest BCUT2D eigenvalue weighted by molar-refractivity contribution is -0.144. The molecule has 0 spiro atoms. The predicted molar refractivity (Wildman–Crippen MR) is 102 cm³/mol. The summed E-state index contributed by atoms with van der Waals surface area (Å²) in [6.07, 6.45) is 2.49. The number of carbonyl (C=O) groups is 2. The lowest BCUT2D eigenvalue weighted by atomic mass is 9.94. The van der Waals surface area contributed by atoms with Gasteiger partial charge in [0.15, 0.2) is 0 Å². The van der Waals surface area contributed by atoms with Crippen molar-refractivity contribution < 1.29 is 9.59 Å². The number of hydrogen-bond donors (Lipinski definition) is 1. The van der Waals surface area contributed by atoms with Crippen LogP contribution >= 0.6 is 23.4 Å². The average molecular weight is 381 g/mol. The van der Waals surface area contributed by atoms with Crippen molar-refractivity contribution in [1.82, 2.24) is 10.2 Å². The van der Waals surface area contributed by atoms with E-state index in [0.717, 1.165) is 30.6 Å². The average Bonchev–Trinajstić information content (AvgIpc) is 3.03. The first-order valence-corrected chi connectivity index (χ1v) is 10.2. The van der Waals surface area contributed by atoms with Crippen LogP contribution in [0, 0.1) is 5.41 Å². The predicted octanol–water partition coefficient (Wildman–Crippen LogP) is 4.03. The maximum atomic E-state index is 12.9. The molecule has 1 aromatic rings. The van der Waals surface area contributed by atoms with E-state index in [1.165, 1.54) is 4.90 Å². The third-order valence-electron chi connectivity index (χ3n) is 4.79. The highest BCUT2D eigenvalue weighted by Crippen LogP contribution is 2.38. The second-order valence-electron chi connectivity index (χ2n) is 7.79. The smallest absolute Gasteiger partial charge is 0.243 e. The van der Waals surface area contributed by atoms with Gasteiger partial charge in [-0.05, 0) is 43.0 Å². The minimum Gasteiger partial charge on any atom is -0.347 e. The van der Waals surface area contributed by atoms with Gasteiger partial charge in [-0.3, -0.25) is 9.59 Å². The van der Waals surface area contributed by atoms with Gasteiger partial charge in [0.2, 0.25) is 11.8 Å². The molecule has 6 heteroatoms. The fourth-order valence-electron chi connectivity index (χ4n) is 3.50. The van der Waals surface area contributed by atoms with Gasteiger partial charge in [-0.15, -0.1) is 11.8 Å². The van der Waals surface area contributed by atoms with E-state index in [4.69, 9.17) is 11.6 Å². The molecule has 0 saturated carbocycles. The highest BCUT2D eigenvalue weighted by molar-refractivity contribution is 7.99. The minimum atomic E-state index is -0.468. The summed E-state index contributed by atoms with van der Waals surface area (Å²) in [7, 11) is 0. The number of halogens is 1. The molecule has 25 heavy (non-hydrogen) atoms. The lowest BCUT2D eigenvalue weighted by Crippen LogP contribution is -2.50. The monoisotopic (exact) mass is 380 g/mol. The first-order chi connectivity index (χ1) is 11.8. The third kappa shape index (κ3) is 3.98. The Labute approximate surface area is 158 Å². The Morgan fingerprint density at radius 2 is 2.04 bits per heavy atom. The van der Waals surface area contributed by atoms with E-state index in [-0.39, 0.29) is 23.9 Å². The van der Waals surface area contributed by atoms with Crippen LogP contribution < -0.4 is 5.32 Å². The zero-order valence-electron chi connectivity index (χ0n) is 15.0. The van der Waals surface area contributed by atoms with E-state index >= 15 is 0 Å². The number of hydrogen-bond acceptors (Lipinski definition) is 3. The van der Waals surface area contributed by atoms with Gasteiger partial charge in [0.1, 0.15) is 6.04 Å². The number of rotatable bonds is 2. The summed E-state index contributed by atoms with van der Waals surface area (Å²) in [4.78, 5) is 28.5. The Morgan fingerprint density at radius 3 is 2.76 bits per heavy atom. The number of fused-ring (bicyclic) bond motifs is 1. The Kier molecular flexibility index (Phi) is 5.35. The van der Waals surface area contributed by atoms with E-state index in [9.17, 15) is 9.59 Å². The van der Waals surface area contributed by atoms with Crippen molar-refractivity contribution in [3.8, 4) is 0 Å². The highest BCUT2D eigenvalue weighted by atomic mass is 35.5. The van der Waals surface area contributed by atoms with Crippen LogP contribution in [0.3, 0.4) is 0 Å². The van der Waals surface area contributed by atoms with Crippen LogP contribution in [0.2, 0.25) is 5.02 Å². The zero-order chi connectivity index (χ0) is 18.2. The van der Waals surface area contributed by atoms with Crippen LogP contribution in [0.5, 0.6) is 0 Å². The molecular weight excluding hydrogens is 356 g/mol. The van der Waals surface area contributed by atoms with E-state index in [0.29, 0.717) is 11.6 Å². The maximum Gasteiger partial charge on any atom is 0.243 e. The summed E-state index contributed by atoms with van der Waals surface area (Å²) < 4.78 is 0. The Bertz CT molecular complexity index is 686. The molecule has 1 aromatic carbocycles. The topological polar surface area (TPSA) is 49.4 Å². The number of nitrogens with one attached hydrogen (secondary N) is 1. The van der Waals surface area contributed by atoms with Gasteiger partial charge in [0, 0.05) is 27.6 Å². The van der Waals surface area contributed by atoms with E-state index in [2.05, 4.69) is 5.32 Å². The third-order valence-corrected chi connectivity index (χ3v) is 6.14. The number of nitrogens with zero attached hydrogens (tertiary/aromatic N) is 1. The Balaban J connectivity index is 1.75. The molecule has 4 nitrogen and oxygen atoms in total. The molecule has 2 aliphatic heterocycles. The number of carbonyl (C=O) groups excluding carboxylic acids is 2. The number of thioether (sulfide) groups is 1. The van der Waals surface area contributed by atoms with Gasteiger partial charge >= 0.3 is 0 Å². The van der Waals surface area contributed by atoms with Crippen LogP contribution in [0.4, 0.5) is 0 Å². The molecule has 1 N–H and O–H groups in total. The lowest BCUT2D eigenvalue weighted by Gasteiger charge is -2.32. The summed E-state index contributed by atoms with van der Waals surface area (Å²) in [5.74, 6) is 0.972. The van der Waals surface area contributed by atoms with Gasteiger partial charge < -0.3 is 10.2 Å². The van der Waals surface area contributed by atoms with Crippen LogP contribution in [-0.2, 0) is 9.59 Å². The van der Waals surface area contributed by atoms with Crippen molar-refractivity contribution in [2.24, 2.45) is 5.41 Å². The maximum absolute atomic E-state index is 12.9. The van der Waals surface area contributed by atoms with Gasteiger partial charge in [-0.25, -0.2) is 0 Å². The fraction of sp³-hybridized carbons (Fsp3) is 0.579. The fourth-order valence-corrected chi connectivity index (χ4v) is 4.78. The van der Waals surface area contributed by atoms with Crippen LogP contribution in [0.15, 0.2) is 23.1 Å². The van der Waals surface area contributed by atoms with Gasteiger partial charge in [0.05, 0.1) is 6.04 Å². The van der Waals surface area contributed by atoms with E-state index in [1.54, 1.807) is 16.7 Å². The van der Waals surface area contributed by atoms with Crippen molar-refractivity contribution in [2.45, 2.75) is 57.0 Å². The first-order valence-electron chi connectivity index (χ1n) is 8.81. The number of benzene rings is 1. The molecule has 2 amide bonds. The first kappa shape index (κ1) is 18.6. The second-order valence-corrected chi connectivity index (χ2v) is 9.36. The van der Waals surface area contributed by atoms with Crippen molar-refractivity contribution in [1.29, 1.82) is 0 Å². The molecule has 0 bridgehead atoms. The standard InChI is InChI=1S/C19H25ClN2O2S/c1-19(2,3)18(24)22-9-4-5-15(22)17(23)21-14-8-10-25-16-7-6-12(20)11-13(14)16/h6-7,11,14-15H,4-5,8-10H2,1-3H3,(H,21,23)/t14-,15-/m0/s1. The largest absolute Gasteiger partial charge is 0.347 e. The molecule has 1 fully saturated rings. The summed E-state index contributed by atoms with van der Waals surface area (Å²) in [5.41, 5.74) is 0.619. The normalized spacial score (nSPS) is 23.3. The SMILES string of the molecule is CC(C)(C)C(=O)N1CCC[C@H]1C(=O)N[C@H]1CCSc2ccc(Cl)cc21. The molecule has 0 aromatic heterocycles. The molecule has 0 radical (unpaired) electrons. The molecule has 1 saturated heterocycles. The molecule has 3 rings (SSSR count). The van der Waals surface area contributed by atoms with E-state index < -0.39 is 5.41 Å². The van der Waals surface area contributed by atoms with Gasteiger partial charge in [0.25, 0.3) is 0 Å². The molecular formula is C19H25ClN2O2S. The highest BCUT2D eigenvalue weighted by Gasteiger charge is 2.39. The van der Waals surface area contributed by atoms with Crippen molar-refractivity contribution in [3.05, 3.63) is 28.8 Å². The number of likely N-dealkylation sites (tertiary alicyclic amines) is 1. The van der Waals surface area contributed by atoms with Crippen LogP contribution in [0.1, 0.15) is 51.6 Å². The Morgan fingerprint density at radius 1 is 1.28 bits per heavy atom. The second kappa shape index (κ2) is 7.20. The summed E-state index contributed by atoms with van der Waals surface area (Å²) >= 11 is 7.94. The van der Waals surface area contributed by atoms with Crippen LogP contribution in [0.25, 0.3) is 0 Å². The van der Waals surface area contributed by atoms with Crippen LogP contribution in [-0.4, -0.2) is 35.1 Å². The van der Waals surface area contributed by atoms with Crippen molar-refractivity contribution in [2.75, 3.05) is 12.3 Å². The Hall–Kier alpha value is -1.20. The zero-order valence-corrected chi connectivity index (χ0v) is 16.5. The van der Waals surface area contributed by atoms with Crippen molar-refractivity contribution in [3.63, 3.8) is 0 Å². The summed E-state index contributed by atoms with van der Waals surface area (Å²) in [5, 5.41) is 3.86. The van der Waals surface area contributed by atoms with E-state index in [1.807, 2.05) is 39.0 Å². The quantitative estimate of drug-likeness (QED) is 0.842. The molecule has 136 valence electrons. The molecule has 2 heterocycles. The molecule has 0 aliphatic carbocycles. The number of amides is 2. The van der Waals surface area contributed by atoms with Gasteiger partial charge in [-0.2, -0.15) is 0 Å².